The van der Waals surface area contributed by atoms with Crippen molar-refractivity contribution in [3.8, 4) is 11.1 Å². The van der Waals surface area contributed by atoms with Crippen molar-refractivity contribution in [1.82, 2.24) is 0 Å². The normalized spacial score (nSPS) is 10.9. The lowest BCUT2D eigenvalue weighted by atomic mass is 9.99. The number of halogens is 4. The molecule has 0 bridgehead atoms. The maximum atomic E-state index is 14.1. The topological polar surface area (TPSA) is 0 Å². The number of fused-ring (bicyclic) bond motifs is 1. The quantitative estimate of drug-likeness (QED) is 0.532. The Morgan fingerprint density at radius 3 is 2.09 bits per heavy atom. The number of hydrogen-bond acceptors (Lipinski definition) is 0. The van der Waals surface area contributed by atoms with Gasteiger partial charge >= 0.3 is 0 Å². The molecule has 0 aliphatic carbocycles. The van der Waals surface area contributed by atoms with Gasteiger partial charge in [-0.15, -0.1) is 0 Å². The van der Waals surface area contributed by atoms with E-state index in [-0.39, 0.29) is 16.5 Å². The van der Waals surface area contributed by atoms with Crippen LogP contribution in [0.5, 0.6) is 0 Å². The zero-order valence-electron chi connectivity index (χ0n) is 11.3. The van der Waals surface area contributed by atoms with Crippen LogP contribution in [0.2, 0.25) is 0 Å². The highest BCUT2D eigenvalue weighted by Gasteiger charge is 2.14. The summed E-state index contributed by atoms with van der Waals surface area (Å²) in [6, 6.07) is 8.78. The van der Waals surface area contributed by atoms with E-state index < -0.39 is 23.3 Å². The lowest BCUT2D eigenvalue weighted by molar-refractivity contribution is 0.517. The lowest BCUT2D eigenvalue weighted by Gasteiger charge is -2.09. The molecule has 3 rings (SSSR count). The Hall–Kier alpha value is -2.62. The average molecular weight is 302 g/mol. The molecule has 3 aromatic rings. The second-order valence-electron chi connectivity index (χ2n) is 4.86. The molecule has 0 amide bonds. The van der Waals surface area contributed by atoms with Gasteiger partial charge in [0.2, 0.25) is 0 Å². The summed E-state index contributed by atoms with van der Waals surface area (Å²) < 4.78 is 55.0. The predicted molar refractivity (Wildman–Crippen MR) is 79.3 cm³/mol. The fraction of sp³-hybridized carbons (Fsp3) is 0. The fourth-order valence-electron chi connectivity index (χ4n) is 2.41. The van der Waals surface area contributed by atoms with Crippen molar-refractivity contribution in [2.24, 2.45) is 0 Å². The molecule has 0 saturated carbocycles. The molecule has 3 aromatic carbocycles. The van der Waals surface area contributed by atoms with Gasteiger partial charge in [-0.3, -0.25) is 0 Å². The zero-order chi connectivity index (χ0) is 15.9. The minimum atomic E-state index is -0.980. The monoisotopic (exact) mass is 302 g/mol. The largest absolute Gasteiger partial charge is 0.206 e. The molecule has 0 aromatic heterocycles. The summed E-state index contributed by atoms with van der Waals surface area (Å²) in [5.41, 5.74) is 0.369. The van der Waals surface area contributed by atoms with Crippen LogP contribution in [-0.4, -0.2) is 0 Å². The Kier molecular flexibility index (Phi) is 3.45. The summed E-state index contributed by atoms with van der Waals surface area (Å²) in [4.78, 5) is 0. The van der Waals surface area contributed by atoms with Crippen LogP contribution in [0.4, 0.5) is 17.6 Å². The Labute approximate surface area is 124 Å². The van der Waals surface area contributed by atoms with Crippen LogP contribution in [0.1, 0.15) is 5.56 Å². The smallest absolute Gasteiger partial charge is 0.166 e. The van der Waals surface area contributed by atoms with E-state index in [4.69, 9.17) is 0 Å². The Balaban J connectivity index is 2.23. The molecule has 0 aliphatic heterocycles. The summed E-state index contributed by atoms with van der Waals surface area (Å²) in [6.07, 6.45) is 1.34. The molecule has 110 valence electrons. The van der Waals surface area contributed by atoms with Gasteiger partial charge in [-0.25, -0.2) is 17.6 Å². The van der Waals surface area contributed by atoms with Crippen LogP contribution in [-0.2, 0) is 0 Å². The predicted octanol–water partition coefficient (Wildman–Crippen LogP) is 5.71. The van der Waals surface area contributed by atoms with E-state index in [0.29, 0.717) is 10.9 Å². The summed E-state index contributed by atoms with van der Waals surface area (Å²) in [7, 11) is 0. The van der Waals surface area contributed by atoms with Crippen molar-refractivity contribution in [2.75, 3.05) is 0 Å². The van der Waals surface area contributed by atoms with Gasteiger partial charge in [-0.05, 0) is 40.8 Å². The van der Waals surface area contributed by atoms with Crippen molar-refractivity contribution < 1.29 is 17.6 Å². The standard InChI is InChI=1S/C18H10F4/c1-2-10-7-15(20)17(16(21)8-10)12-3-5-13-11(9-12)4-6-14(19)18(13)22/h2-9H,1H2. The molecule has 0 spiro atoms. The minimum absolute atomic E-state index is 0.0623. The molecular weight excluding hydrogens is 292 g/mol. The van der Waals surface area contributed by atoms with Gasteiger partial charge in [0.1, 0.15) is 11.6 Å². The zero-order valence-corrected chi connectivity index (χ0v) is 11.3. The third-order valence-corrected chi connectivity index (χ3v) is 3.50. The second-order valence-corrected chi connectivity index (χ2v) is 4.86. The lowest BCUT2D eigenvalue weighted by Crippen LogP contribution is -1.93. The van der Waals surface area contributed by atoms with E-state index in [1.807, 2.05) is 0 Å². The molecule has 22 heavy (non-hydrogen) atoms. The molecule has 0 nitrogen and oxygen atoms in total. The minimum Gasteiger partial charge on any atom is -0.206 e. The van der Waals surface area contributed by atoms with Gasteiger partial charge in [0.05, 0.1) is 5.56 Å². The SMILES string of the molecule is C=Cc1cc(F)c(-c2ccc3c(F)c(F)ccc3c2)c(F)c1. The van der Waals surface area contributed by atoms with Gasteiger partial charge in [0, 0.05) is 5.39 Å². The maximum Gasteiger partial charge on any atom is 0.166 e. The summed E-state index contributed by atoms with van der Waals surface area (Å²) in [6.45, 7) is 3.46. The van der Waals surface area contributed by atoms with Crippen molar-refractivity contribution in [1.29, 1.82) is 0 Å². The first-order valence-electron chi connectivity index (χ1n) is 6.51. The first-order chi connectivity index (χ1) is 10.5. The molecule has 0 aliphatic rings. The van der Waals surface area contributed by atoms with Crippen LogP contribution < -0.4 is 0 Å². The summed E-state index contributed by atoms with van der Waals surface area (Å²) >= 11 is 0. The molecule has 0 unspecified atom stereocenters. The van der Waals surface area contributed by atoms with Gasteiger partial charge in [-0.2, -0.15) is 0 Å². The number of benzene rings is 3. The maximum absolute atomic E-state index is 14.1. The van der Waals surface area contributed by atoms with Gasteiger partial charge < -0.3 is 0 Å². The van der Waals surface area contributed by atoms with E-state index >= 15 is 0 Å². The molecule has 0 saturated heterocycles. The number of rotatable bonds is 2. The van der Waals surface area contributed by atoms with Crippen molar-refractivity contribution >= 4 is 16.8 Å². The van der Waals surface area contributed by atoms with E-state index in [9.17, 15) is 17.6 Å². The molecule has 0 N–H and O–H groups in total. The van der Waals surface area contributed by atoms with Gasteiger partial charge in [-0.1, -0.05) is 30.9 Å². The van der Waals surface area contributed by atoms with Gasteiger partial charge in [0.15, 0.2) is 11.6 Å². The molecule has 4 heteroatoms. The number of hydrogen-bond donors (Lipinski definition) is 0. The average Bonchev–Trinajstić information content (AvgIpc) is 2.50. The molecule has 0 atom stereocenters. The Morgan fingerprint density at radius 2 is 1.45 bits per heavy atom. The third-order valence-electron chi connectivity index (χ3n) is 3.50. The van der Waals surface area contributed by atoms with Crippen LogP contribution in [0.25, 0.3) is 28.0 Å². The van der Waals surface area contributed by atoms with E-state index in [0.717, 1.165) is 6.07 Å². The van der Waals surface area contributed by atoms with Crippen LogP contribution in [0, 0.1) is 23.3 Å². The van der Waals surface area contributed by atoms with Crippen LogP contribution in [0.15, 0.2) is 49.0 Å². The summed E-state index contributed by atoms with van der Waals surface area (Å²) in [5.74, 6) is -3.42. The van der Waals surface area contributed by atoms with Crippen molar-refractivity contribution in [3.05, 3.63) is 77.9 Å². The van der Waals surface area contributed by atoms with Gasteiger partial charge in [0.25, 0.3) is 0 Å². The molecule has 0 fully saturated rings. The van der Waals surface area contributed by atoms with Crippen molar-refractivity contribution in [2.45, 2.75) is 0 Å². The highest BCUT2D eigenvalue weighted by molar-refractivity contribution is 5.88. The van der Waals surface area contributed by atoms with E-state index in [1.165, 1.54) is 42.5 Å². The van der Waals surface area contributed by atoms with Crippen LogP contribution >= 0.6 is 0 Å². The second kappa shape index (κ2) is 5.30. The first kappa shape index (κ1) is 14.3. The Bertz CT molecular complexity index is 874. The highest BCUT2D eigenvalue weighted by Crippen LogP contribution is 2.31. The Morgan fingerprint density at radius 1 is 0.773 bits per heavy atom. The van der Waals surface area contributed by atoms with E-state index in [1.54, 1.807) is 0 Å². The molecule has 0 heterocycles. The summed E-state index contributed by atoms with van der Waals surface area (Å²) in [5, 5.41) is 0.426. The molecule has 0 radical (unpaired) electrons. The van der Waals surface area contributed by atoms with Crippen LogP contribution in [0.3, 0.4) is 0 Å². The fourth-order valence-corrected chi connectivity index (χ4v) is 2.41. The van der Waals surface area contributed by atoms with E-state index in [2.05, 4.69) is 6.58 Å². The van der Waals surface area contributed by atoms with Crippen molar-refractivity contribution in [3.63, 3.8) is 0 Å². The molecular formula is C18H10F4. The first-order valence-corrected chi connectivity index (χ1v) is 6.51. The highest BCUT2D eigenvalue weighted by atomic mass is 19.2. The third kappa shape index (κ3) is 2.26.